The van der Waals surface area contributed by atoms with Gasteiger partial charge < -0.3 is 10.0 Å². The van der Waals surface area contributed by atoms with Crippen LogP contribution >= 0.6 is 0 Å². The highest BCUT2D eigenvalue weighted by molar-refractivity contribution is 5.32. The zero-order valence-electron chi connectivity index (χ0n) is 10.2. The first-order valence-electron chi connectivity index (χ1n) is 5.59. The Labute approximate surface area is 101 Å². The summed E-state index contributed by atoms with van der Waals surface area (Å²) in [5.41, 5.74) is 1.18. The Kier molecular flexibility index (Phi) is 5.06. The van der Waals surface area contributed by atoms with E-state index < -0.39 is 4.92 Å². The van der Waals surface area contributed by atoms with Crippen molar-refractivity contribution in [2.75, 3.05) is 20.2 Å². The van der Waals surface area contributed by atoms with Gasteiger partial charge in [-0.2, -0.15) is 0 Å². The van der Waals surface area contributed by atoms with Crippen LogP contribution in [-0.4, -0.2) is 41.2 Å². The van der Waals surface area contributed by atoms with Gasteiger partial charge in [-0.25, -0.2) is 0 Å². The lowest BCUT2D eigenvalue weighted by Gasteiger charge is -2.22. The molecule has 5 nitrogen and oxygen atoms in total. The number of nitro groups is 1. The maximum Gasteiger partial charge on any atom is 0.269 e. The Bertz CT molecular complexity index is 365. The Morgan fingerprint density at radius 1 is 1.41 bits per heavy atom. The van der Waals surface area contributed by atoms with E-state index >= 15 is 0 Å². The average molecular weight is 238 g/mol. The van der Waals surface area contributed by atoms with Crippen molar-refractivity contribution in [1.29, 1.82) is 0 Å². The monoisotopic (exact) mass is 238 g/mol. The Morgan fingerprint density at radius 3 is 2.47 bits per heavy atom. The van der Waals surface area contributed by atoms with Crippen molar-refractivity contribution >= 4 is 5.69 Å². The molecule has 17 heavy (non-hydrogen) atoms. The van der Waals surface area contributed by atoms with Gasteiger partial charge in [0.15, 0.2) is 0 Å². The van der Waals surface area contributed by atoms with Gasteiger partial charge in [-0.15, -0.1) is 0 Å². The van der Waals surface area contributed by atoms with Crippen LogP contribution in [0.5, 0.6) is 0 Å². The molecule has 1 aromatic carbocycles. The summed E-state index contributed by atoms with van der Waals surface area (Å²) in [6.45, 7) is 2.91. The third-order valence-electron chi connectivity index (χ3n) is 2.92. The second kappa shape index (κ2) is 6.32. The summed E-state index contributed by atoms with van der Waals surface area (Å²) in [4.78, 5) is 12.1. The number of benzene rings is 1. The van der Waals surface area contributed by atoms with Crippen LogP contribution < -0.4 is 0 Å². The van der Waals surface area contributed by atoms with Crippen molar-refractivity contribution in [3.05, 3.63) is 39.9 Å². The van der Waals surface area contributed by atoms with E-state index in [-0.39, 0.29) is 18.3 Å². The van der Waals surface area contributed by atoms with Crippen LogP contribution in [0.3, 0.4) is 0 Å². The van der Waals surface area contributed by atoms with Gasteiger partial charge in [-0.05, 0) is 26.0 Å². The van der Waals surface area contributed by atoms with Crippen LogP contribution in [0.4, 0.5) is 5.69 Å². The summed E-state index contributed by atoms with van der Waals surface area (Å²) < 4.78 is 0. The minimum Gasteiger partial charge on any atom is -0.395 e. The van der Waals surface area contributed by atoms with Gasteiger partial charge in [0.25, 0.3) is 5.69 Å². The largest absolute Gasteiger partial charge is 0.395 e. The highest BCUT2D eigenvalue weighted by Crippen LogP contribution is 2.12. The first-order chi connectivity index (χ1) is 8.04. The molecule has 0 aliphatic rings. The predicted octanol–water partition coefficient (Wildman–Crippen LogP) is 1.45. The molecule has 1 atom stereocenters. The van der Waals surface area contributed by atoms with Crippen molar-refractivity contribution in [3.8, 4) is 0 Å². The van der Waals surface area contributed by atoms with Crippen LogP contribution in [0.15, 0.2) is 24.3 Å². The minimum atomic E-state index is -0.399. The smallest absolute Gasteiger partial charge is 0.269 e. The van der Waals surface area contributed by atoms with E-state index in [1.165, 1.54) is 12.1 Å². The molecule has 0 spiro atoms. The topological polar surface area (TPSA) is 66.6 Å². The summed E-state index contributed by atoms with van der Waals surface area (Å²) in [6.07, 6.45) is 0.818. The van der Waals surface area contributed by atoms with Gasteiger partial charge in [0, 0.05) is 24.7 Å². The molecule has 0 aliphatic heterocycles. The molecule has 0 aromatic heterocycles. The lowest BCUT2D eigenvalue weighted by molar-refractivity contribution is -0.384. The average Bonchev–Trinajstić information content (AvgIpc) is 2.35. The van der Waals surface area contributed by atoms with Crippen LogP contribution in [0.25, 0.3) is 0 Å². The van der Waals surface area contributed by atoms with Crippen LogP contribution in [0, 0.1) is 10.1 Å². The standard InChI is InChI=1S/C12H18N2O3/c1-10(9-15)13(2)8-7-11-3-5-12(6-4-11)14(16)17/h3-6,10,15H,7-9H2,1-2H3. The molecule has 0 radical (unpaired) electrons. The van der Waals surface area contributed by atoms with Crippen LogP contribution in [0.1, 0.15) is 12.5 Å². The second-order valence-corrected chi connectivity index (χ2v) is 4.19. The number of likely N-dealkylation sites (N-methyl/N-ethyl adjacent to an activating group) is 1. The fraction of sp³-hybridized carbons (Fsp3) is 0.500. The summed E-state index contributed by atoms with van der Waals surface area (Å²) in [6, 6.07) is 6.72. The first kappa shape index (κ1) is 13.6. The molecule has 1 N–H and O–H groups in total. The van der Waals surface area contributed by atoms with Gasteiger partial charge in [0.05, 0.1) is 11.5 Å². The molecule has 0 heterocycles. The maximum absolute atomic E-state index is 10.5. The maximum atomic E-state index is 10.5. The molecule has 0 saturated heterocycles. The van der Waals surface area contributed by atoms with Crippen LogP contribution in [0.2, 0.25) is 0 Å². The number of rotatable bonds is 6. The van der Waals surface area contributed by atoms with E-state index in [4.69, 9.17) is 5.11 Å². The molecule has 1 unspecified atom stereocenters. The highest BCUT2D eigenvalue weighted by Gasteiger charge is 2.08. The summed E-state index contributed by atoms with van der Waals surface area (Å²) >= 11 is 0. The molecule has 0 bridgehead atoms. The Morgan fingerprint density at radius 2 is 2.00 bits per heavy atom. The zero-order valence-corrected chi connectivity index (χ0v) is 10.2. The molecule has 0 aliphatic carbocycles. The molecular weight excluding hydrogens is 220 g/mol. The Hall–Kier alpha value is -1.46. The number of aliphatic hydroxyl groups excluding tert-OH is 1. The van der Waals surface area contributed by atoms with E-state index in [0.29, 0.717) is 0 Å². The zero-order chi connectivity index (χ0) is 12.8. The van der Waals surface area contributed by atoms with Crippen molar-refractivity contribution in [2.24, 2.45) is 0 Å². The van der Waals surface area contributed by atoms with E-state index in [9.17, 15) is 10.1 Å². The summed E-state index contributed by atoms with van der Waals surface area (Å²) in [5, 5.41) is 19.5. The molecule has 0 amide bonds. The first-order valence-corrected chi connectivity index (χ1v) is 5.59. The van der Waals surface area contributed by atoms with E-state index in [0.717, 1.165) is 18.5 Å². The Balaban J connectivity index is 2.50. The predicted molar refractivity (Wildman–Crippen MR) is 66.0 cm³/mol. The number of nitrogens with zero attached hydrogens (tertiary/aromatic N) is 2. The number of aliphatic hydroxyl groups is 1. The number of nitro benzene ring substituents is 1. The quantitative estimate of drug-likeness (QED) is 0.601. The number of hydrogen-bond donors (Lipinski definition) is 1. The van der Waals surface area contributed by atoms with Crippen molar-refractivity contribution in [1.82, 2.24) is 4.90 Å². The normalized spacial score (nSPS) is 12.7. The molecule has 1 rings (SSSR count). The summed E-state index contributed by atoms with van der Waals surface area (Å²) in [7, 11) is 1.95. The second-order valence-electron chi connectivity index (χ2n) is 4.19. The lowest BCUT2D eigenvalue weighted by atomic mass is 10.1. The number of non-ortho nitro benzene ring substituents is 1. The minimum absolute atomic E-state index is 0.117. The molecule has 5 heteroatoms. The van der Waals surface area contributed by atoms with E-state index in [1.807, 2.05) is 14.0 Å². The van der Waals surface area contributed by atoms with Gasteiger partial charge in [-0.1, -0.05) is 12.1 Å². The molecule has 0 saturated carbocycles. The van der Waals surface area contributed by atoms with Crippen molar-refractivity contribution < 1.29 is 10.0 Å². The van der Waals surface area contributed by atoms with Gasteiger partial charge in [0.2, 0.25) is 0 Å². The molecule has 1 aromatic rings. The molecule has 0 fully saturated rings. The molecular formula is C12H18N2O3. The van der Waals surface area contributed by atoms with Crippen molar-refractivity contribution in [2.45, 2.75) is 19.4 Å². The van der Waals surface area contributed by atoms with E-state index in [1.54, 1.807) is 12.1 Å². The van der Waals surface area contributed by atoms with Gasteiger partial charge in [0.1, 0.15) is 0 Å². The summed E-state index contributed by atoms with van der Waals surface area (Å²) in [5.74, 6) is 0. The van der Waals surface area contributed by atoms with Crippen LogP contribution in [-0.2, 0) is 6.42 Å². The van der Waals surface area contributed by atoms with Crippen molar-refractivity contribution in [3.63, 3.8) is 0 Å². The fourth-order valence-electron chi connectivity index (χ4n) is 1.45. The SMILES string of the molecule is CC(CO)N(C)CCc1ccc([N+](=O)[O-])cc1. The van der Waals surface area contributed by atoms with Gasteiger partial charge in [-0.3, -0.25) is 10.1 Å². The number of hydrogen-bond acceptors (Lipinski definition) is 4. The fourth-order valence-corrected chi connectivity index (χ4v) is 1.45. The third-order valence-corrected chi connectivity index (χ3v) is 2.92. The third kappa shape index (κ3) is 4.13. The lowest BCUT2D eigenvalue weighted by Crippen LogP contribution is -2.33. The van der Waals surface area contributed by atoms with Gasteiger partial charge >= 0.3 is 0 Å². The van der Waals surface area contributed by atoms with E-state index in [2.05, 4.69) is 4.90 Å². The highest BCUT2D eigenvalue weighted by atomic mass is 16.6. The molecule has 94 valence electrons.